The van der Waals surface area contributed by atoms with Gasteiger partial charge in [0.2, 0.25) is 0 Å². The standard InChI is InChI=1S/C21H24N2O2/c1-3-15(2)22-20(24)17-10-12-18(13-11-17)21(25)23-14-6-8-16-7-4-5-9-19(16)23/h4-5,7,9-13,15H,3,6,8,14H2,1-2H3,(H,22,24). The highest BCUT2D eigenvalue weighted by molar-refractivity contribution is 6.07. The molecular weight excluding hydrogens is 312 g/mol. The smallest absolute Gasteiger partial charge is 0.258 e. The van der Waals surface area contributed by atoms with Crippen LogP contribution in [-0.4, -0.2) is 24.4 Å². The lowest BCUT2D eigenvalue weighted by molar-refractivity contribution is 0.0936. The number of amides is 2. The van der Waals surface area contributed by atoms with Crippen molar-refractivity contribution in [2.75, 3.05) is 11.4 Å². The second-order valence-corrected chi connectivity index (χ2v) is 6.55. The third-order valence-corrected chi connectivity index (χ3v) is 4.74. The minimum Gasteiger partial charge on any atom is -0.350 e. The number of carbonyl (C=O) groups excluding carboxylic acids is 2. The van der Waals surface area contributed by atoms with Crippen LogP contribution in [-0.2, 0) is 6.42 Å². The van der Waals surface area contributed by atoms with E-state index in [-0.39, 0.29) is 17.9 Å². The Balaban J connectivity index is 1.77. The fraction of sp³-hybridized carbons (Fsp3) is 0.333. The van der Waals surface area contributed by atoms with Crippen LogP contribution in [0.4, 0.5) is 5.69 Å². The van der Waals surface area contributed by atoms with Crippen LogP contribution in [0.1, 0.15) is 53.0 Å². The zero-order valence-corrected chi connectivity index (χ0v) is 14.8. The predicted octanol–water partition coefficient (Wildman–Crippen LogP) is 3.81. The van der Waals surface area contributed by atoms with Gasteiger partial charge in [0, 0.05) is 29.4 Å². The number of aryl methyl sites for hydroxylation is 1. The summed E-state index contributed by atoms with van der Waals surface area (Å²) >= 11 is 0. The zero-order chi connectivity index (χ0) is 17.8. The van der Waals surface area contributed by atoms with Gasteiger partial charge in [0.15, 0.2) is 0 Å². The molecule has 4 heteroatoms. The van der Waals surface area contributed by atoms with Crippen molar-refractivity contribution in [2.24, 2.45) is 0 Å². The number of rotatable bonds is 4. The Morgan fingerprint density at radius 3 is 2.48 bits per heavy atom. The third-order valence-electron chi connectivity index (χ3n) is 4.74. The largest absolute Gasteiger partial charge is 0.350 e. The fourth-order valence-electron chi connectivity index (χ4n) is 3.07. The maximum Gasteiger partial charge on any atom is 0.258 e. The van der Waals surface area contributed by atoms with Gasteiger partial charge in [-0.15, -0.1) is 0 Å². The molecule has 1 atom stereocenters. The molecule has 0 bridgehead atoms. The minimum absolute atomic E-state index is 0.0129. The van der Waals surface area contributed by atoms with Crippen LogP contribution in [0.25, 0.3) is 0 Å². The van der Waals surface area contributed by atoms with Gasteiger partial charge >= 0.3 is 0 Å². The number of nitrogens with zero attached hydrogens (tertiary/aromatic N) is 1. The Hall–Kier alpha value is -2.62. The van der Waals surface area contributed by atoms with Crippen LogP contribution in [0.2, 0.25) is 0 Å². The molecule has 0 saturated carbocycles. The summed E-state index contributed by atoms with van der Waals surface area (Å²) in [6.07, 6.45) is 2.86. The summed E-state index contributed by atoms with van der Waals surface area (Å²) in [5, 5.41) is 2.94. The maximum atomic E-state index is 12.9. The molecule has 2 aromatic rings. The van der Waals surface area contributed by atoms with Crippen LogP contribution in [0, 0.1) is 0 Å². The summed E-state index contributed by atoms with van der Waals surface area (Å²) in [5.74, 6) is -0.113. The molecule has 25 heavy (non-hydrogen) atoms. The molecule has 130 valence electrons. The van der Waals surface area contributed by atoms with Gasteiger partial charge in [0.1, 0.15) is 0 Å². The molecule has 0 aliphatic carbocycles. The second-order valence-electron chi connectivity index (χ2n) is 6.55. The highest BCUT2D eigenvalue weighted by Gasteiger charge is 2.23. The lowest BCUT2D eigenvalue weighted by Crippen LogP contribution is -2.35. The van der Waals surface area contributed by atoms with E-state index >= 15 is 0 Å². The van der Waals surface area contributed by atoms with Gasteiger partial charge in [-0.25, -0.2) is 0 Å². The first-order valence-corrected chi connectivity index (χ1v) is 8.91. The Morgan fingerprint density at radius 2 is 1.76 bits per heavy atom. The van der Waals surface area contributed by atoms with Gasteiger partial charge in [-0.05, 0) is 62.1 Å². The third kappa shape index (κ3) is 3.73. The van der Waals surface area contributed by atoms with Crippen molar-refractivity contribution >= 4 is 17.5 Å². The number of hydrogen-bond acceptors (Lipinski definition) is 2. The number of hydrogen-bond donors (Lipinski definition) is 1. The first-order chi connectivity index (χ1) is 12.1. The molecule has 0 fully saturated rings. The highest BCUT2D eigenvalue weighted by atomic mass is 16.2. The van der Waals surface area contributed by atoms with Crippen LogP contribution < -0.4 is 10.2 Å². The summed E-state index contributed by atoms with van der Waals surface area (Å²) in [4.78, 5) is 26.9. The molecule has 2 amide bonds. The van der Waals surface area contributed by atoms with E-state index in [9.17, 15) is 9.59 Å². The molecule has 3 rings (SSSR count). The number of nitrogens with one attached hydrogen (secondary N) is 1. The average Bonchev–Trinajstić information content (AvgIpc) is 2.67. The van der Waals surface area contributed by atoms with Gasteiger partial charge in [-0.3, -0.25) is 9.59 Å². The van der Waals surface area contributed by atoms with E-state index in [4.69, 9.17) is 0 Å². The van der Waals surface area contributed by atoms with E-state index in [0.717, 1.165) is 31.5 Å². The molecular formula is C21H24N2O2. The predicted molar refractivity (Wildman–Crippen MR) is 100 cm³/mol. The van der Waals surface area contributed by atoms with Gasteiger partial charge in [0.05, 0.1) is 0 Å². The molecule has 1 N–H and O–H groups in total. The van der Waals surface area contributed by atoms with E-state index < -0.39 is 0 Å². The monoisotopic (exact) mass is 336 g/mol. The van der Waals surface area contributed by atoms with E-state index in [0.29, 0.717) is 11.1 Å². The lowest BCUT2D eigenvalue weighted by Gasteiger charge is -2.29. The van der Waals surface area contributed by atoms with Crippen molar-refractivity contribution in [2.45, 2.75) is 39.2 Å². The minimum atomic E-state index is -0.100. The Kier molecular flexibility index (Phi) is 5.17. The van der Waals surface area contributed by atoms with Gasteiger partial charge in [-0.1, -0.05) is 25.1 Å². The molecule has 1 heterocycles. The van der Waals surface area contributed by atoms with Crippen LogP contribution >= 0.6 is 0 Å². The van der Waals surface area contributed by atoms with Crippen molar-refractivity contribution in [3.05, 3.63) is 65.2 Å². The average molecular weight is 336 g/mol. The van der Waals surface area contributed by atoms with Crippen LogP contribution in [0.15, 0.2) is 48.5 Å². The normalized spacial score (nSPS) is 14.6. The quantitative estimate of drug-likeness (QED) is 0.923. The first-order valence-electron chi connectivity index (χ1n) is 8.91. The molecule has 4 nitrogen and oxygen atoms in total. The van der Waals surface area contributed by atoms with E-state index in [1.54, 1.807) is 24.3 Å². The second kappa shape index (κ2) is 7.51. The SMILES string of the molecule is CCC(C)NC(=O)c1ccc(C(=O)N2CCCc3ccccc32)cc1. The number of para-hydroxylation sites is 1. The molecule has 0 radical (unpaired) electrons. The lowest BCUT2D eigenvalue weighted by atomic mass is 10.0. The maximum absolute atomic E-state index is 12.9. The number of fused-ring (bicyclic) bond motifs is 1. The van der Waals surface area contributed by atoms with Crippen LogP contribution in [0.5, 0.6) is 0 Å². The van der Waals surface area contributed by atoms with Crippen molar-refractivity contribution in [3.8, 4) is 0 Å². The van der Waals surface area contributed by atoms with Gasteiger partial charge in [0.25, 0.3) is 11.8 Å². The molecule has 1 aliphatic heterocycles. The Bertz CT molecular complexity index is 768. The summed E-state index contributed by atoms with van der Waals surface area (Å²) in [6.45, 7) is 4.73. The van der Waals surface area contributed by atoms with Crippen LogP contribution in [0.3, 0.4) is 0 Å². The van der Waals surface area contributed by atoms with Crippen molar-refractivity contribution in [1.29, 1.82) is 0 Å². The highest BCUT2D eigenvalue weighted by Crippen LogP contribution is 2.28. The van der Waals surface area contributed by atoms with Crippen molar-refractivity contribution in [3.63, 3.8) is 0 Å². The van der Waals surface area contributed by atoms with Gasteiger partial charge in [-0.2, -0.15) is 0 Å². The molecule has 0 spiro atoms. The Morgan fingerprint density at radius 1 is 1.08 bits per heavy atom. The topological polar surface area (TPSA) is 49.4 Å². The van der Waals surface area contributed by atoms with E-state index in [1.807, 2.05) is 36.9 Å². The summed E-state index contributed by atoms with van der Waals surface area (Å²) in [5.41, 5.74) is 3.40. The summed E-state index contributed by atoms with van der Waals surface area (Å²) in [7, 11) is 0. The molecule has 0 aromatic heterocycles. The number of anilines is 1. The molecule has 0 saturated heterocycles. The van der Waals surface area contributed by atoms with E-state index in [1.165, 1.54) is 5.56 Å². The van der Waals surface area contributed by atoms with E-state index in [2.05, 4.69) is 11.4 Å². The number of carbonyl (C=O) groups is 2. The molecule has 1 unspecified atom stereocenters. The zero-order valence-electron chi connectivity index (χ0n) is 14.8. The van der Waals surface area contributed by atoms with Gasteiger partial charge < -0.3 is 10.2 Å². The van der Waals surface area contributed by atoms with Crippen molar-refractivity contribution < 1.29 is 9.59 Å². The van der Waals surface area contributed by atoms with Crippen molar-refractivity contribution in [1.82, 2.24) is 5.32 Å². The first kappa shape index (κ1) is 17.2. The summed E-state index contributed by atoms with van der Waals surface area (Å²) < 4.78 is 0. The fourth-order valence-corrected chi connectivity index (χ4v) is 3.07. The Labute approximate surface area is 148 Å². The number of benzene rings is 2. The summed E-state index contributed by atoms with van der Waals surface area (Å²) in [6, 6.07) is 15.1. The molecule has 2 aromatic carbocycles. The molecule has 1 aliphatic rings.